The first kappa shape index (κ1) is 26.2. The number of amides is 1. The van der Waals surface area contributed by atoms with Crippen molar-refractivity contribution in [3.8, 4) is 11.4 Å². The molecule has 4 aromatic rings. The van der Waals surface area contributed by atoms with Crippen LogP contribution in [0.2, 0.25) is 5.02 Å². The number of carbonyl (C=O) groups excluding carboxylic acids is 2. The van der Waals surface area contributed by atoms with Crippen LogP contribution < -0.4 is 15.4 Å². The predicted octanol–water partition coefficient (Wildman–Crippen LogP) is 5.86. The number of nitrogens with zero attached hydrogens (tertiary/aromatic N) is 3. The average Bonchev–Trinajstić information content (AvgIpc) is 3.30. The summed E-state index contributed by atoms with van der Waals surface area (Å²) in [7, 11) is 1.61. The summed E-state index contributed by atoms with van der Waals surface area (Å²) in [5.41, 5.74) is 2.82. The van der Waals surface area contributed by atoms with Crippen LogP contribution in [-0.4, -0.2) is 38.8 Å². The standard InChI is InChI=1S/C27H26ClN5O3S/c1-17(34)19-8-10-20(11-9-19)30-26(35)18(2)37-27-32-31-25(16-29-24-7-5-4-6-23(24)28)33(27)21-12-14-22(36-3)15-13-21/h4-15,18,29H,16H2,1-3H3,(H,30,35)/t18-/m1/s1. The molecule has 1 amide bonds. The van der Waals surface area contributed by atoms with Gasteiger partial charge in [0.15, 0.2) is 16.8 Å². The van der Waals surface area contributed by atoms with E-state index in [2.05, 4.69) is 20.8 Å². The Hall–Kier alpha value is -3.82. The van der Waals surface area contributed by atoms with Gasteiger partial charge in [-0.15, -0.1) is 10.2 Å². The quantitative estimate of drug-likeness (QED) is 0.194. The van der Waals surface area contributed by atoms with Gasteiger partial charge in [0.1, 0.15) is 5.75 Å². The lowest BCUT2D eigenvalue weighted by molar-refractivity contribution is -0.115. The molecule has 190 valence electrons. The number of ketones is 1. The molecule has 8 nitrogen and oxygen atoms in total. The summed E-state index contributed by atoms with van der Waals surface area (Å²) < 4.78 is 7.20. The highest BCUT2D eigenvalue weighted by Crippen LogP contribution is 2.28. The third kappa shape index (κ3) is 6.49. The maximum Gasteiger partial charge on any atom is 0.237 e. The summed E-state index contributed by atoms with van der Waals surface area (Å²) in [4.78, 5) is 24.4. The molecule has 3 aromatic carbocycles. The molecule has 0 bridgehead atoms. The van der Waals surface area contributed by atoms with Gasteiger partial charge in [0, 0.05) is 16.9 Å². The zero-order chi connectivity index (χ0) is 26.4. The molecular formula is C27H26ClN5O3S. The highest BCUT2D eigenvalue weighted by Gasteiger charge is 2.21. The van der Waals surface area contributed by atoms with E-state index in [0.29, 0.717) is 33.8 Å². The Morgan fingerprint density at radius 1 is 1.03 bits per heavy atom. The van der Waals surface area contributed by atoms with Crippen LogP contribution in [0.4, 0.5) is 11.4 Å². The molecule has 0 aliphatic heterocycles. The van der Waals surface area contributed by atoms with Crippen LogP contribution in [-0.2, 0) is 11.3 Å². The van der Waals surface area contributed by atoms with Gasteiger partial charge in [-0.25, -0.2) is 0 Å². The number of carbonyl (C=O) groups is 2. The zero-order valence-corrected chi connectivity index (χ0v) is 22.1. The van der Waals surface area contributed by atoms with E-state index in [1.165, 1.54) is 18.7 Å². The largest absolute Gasteiger partial charge is 0.497 e. The Labute approximate surface area is 224 Å². The molecule has 0 unspecified atom stereocenters. The van der Waals surface area contributed by atoms with E-state index >= 15 is 0 Å². The average molecular weight is 536 g/mol. The number of benzene rings is 3. The van der Waals surface area contributed by atoms with E-state index < -0.39 is 5.25 Å². The fourth-order valence-electron chi connectivity index (χ4n) is 3.50. The smallest absolute Gasteiger partial charge is 0.237 e. The van der Waals surface area contributed by atoms with E-state index in [4.69, 9.17) is 16.3 Å². The summed E-state index contributed by atoms with van der Waals surface area (Å²) in [6.07, 6.45) is 0. The van der Waals surface area contributed by atoms with E-state index in [1.807, 2.05) is 53.1 Å². The van der Waals surface area contributed by atoms with Crippen molar-refractivity contribution < 1.29 is 14.3 Å². The van der Waals surface area contributed by atoms with Crippen LogP contribution in [0.3, 0.4) is 0 Å². The second-order valence-electron chi connectivity index (χ2n) is 8.15. The molecule has 0 aliphatic rings. The van der Waals surface area contributed by atoms with E-state index in [-0.39, 0.29) is 11.7 Å². The minimum atomic E-state index is -0.474. The van der Waals surface area contributed by atoms with Crippen LogP contribution in [0.25, 0.3) is 5.69 Å². The van der Waals surface area contributed by atoms with Gasteiger partial charge in [-0.3, -0.25) is 14.2 Å². The SMILES string of the molecule is COc1ccc(-n2c(CNc3ccccc3Cl)nnc2S[C@H](C)C(=O)Nc2ccc(C(C)=O)cc2)cc1. The number of ether oxygens (including phenoxy) is 1. The third-order valence-electron chi connectivity index (χ3n) is 5.55. The number of para-hydroxylation sites is 1. The number of Topliss-reactive ketones (excluding diaryl/α,β-unsaturated/α-hetero) is 1. The van der Waals surface area contributed by atoms with Crippen molar-refractivity contribution >= 4 is 46.4 Å². The Balaban J connectivity index is 1.55. The van der Waals surface area contributed by atoms with E-state index in [1.54, 1.807) is 38.3 Å². The lowest BCUT2D eigenvalue weighted by Gasteiger charge is -2.15. The van der Waals surface area contributed by atoms with Crippen molar-refractivity contribution in [1.82, 2.24) is 14.8 Å². The first-order valence-corrected chi connectivity index (χ1v) is 12.8. The monoisotopic (exact) mass is 535 g/mol. The van der Waals surface area contributed by atoms with E-state index in [0.717, 1.165) is 17.1 Å². The number of anilines is 2. The number of halogens is 1. The number of nitrogens with one attached hydrogen (secondary N) is 2. The first-order chi connectivity index (χ1) is 17.9. The zero-order valence-electron chi connectivity index (χ0n) is 20.6. The highest BCUT2D eigenvalue weighted by atomic mass is 35.5. The Morgan fingerprint density at radius 3 is 2.38 bits per heavy atom. The molecule has 2 N–H and O–H groups in total. The Kier molecular flexibility index (Phi) is 8.47. The molecule has 0 aliphatic carbocycles. The first-order valence-electron chi connectivity index (χ1n) is 11.5. The topological polar surface area (TPSA) is 98.1 Å². The molecular weight excluding hydrogens is 510 g/mol. The highest BCUT2D eigenvalue weighted by molar-refractivity contribution is 8.00. The fraction of sp³-hybridized carbons (Fsp3) is 0.185. The maximum absolute atomic E-state index is 12.9. The Morgan fingerprint density at radius 2 is 1.73 bits per heavy atom. The van der Waals surface area contributed by atoms with E-state index in [9.17, 15) is 9.59 Å². The summed E-state index contributed by atoms with van der Waals surface area (Å²) >= 11 is 7.59. The molecule has 1 aromatic heterocycles. The molecule has 0 saturated heterocycles. The summed E-state index contributed by atoms with van der Waals surface area (Å²) in [5.74, 6) is 1.16. The van der Waals surface area contributed by atoms with Gasteiger partial charge in [-0.1, -0.05) is 35.5 Å². The van der Waals surface area contributed by atoms with Crippen molar-refractivity contribution in [1.29, 1.82) is 0 Å². The number of thioether (sulfide) groups is 1. The van der Waals surface area contributed by atoms with Gasteiger partial charge in [-0.05, 0) is 74.5 Å². The van der Waals surface area contributed by atoms with Crippen molar-refractivity contribution in [2.24, 2.45) is 0 Å². The summed E-state index contributed by atoms with van der Waals surface area (Å²) in [5, 5.41) is 15.7. The number of hydrogen-bond acceptors (Lipinski definition) is 7. The van der Waals surface area contributed by atoms with Gasteiger partial charge < -0.3 is 15.4 Å². The second-order valence-corrected chi connectivity index (χ2v) is 9.86. The molecule has 4 rings (SSSR count). The van der Waals surface area contributed by atoms with Crippen LogP contribution in [0.5, 0.6) is 5.75 Å². The molecule has 0 radical (unpaired) electrons. The Bertz CT molecular complexity index is 1390. The van der Waals surface area contributed by atoms with Crippen molar-refractivity contribution in [3.63, 3.8) is 0 Å². The van der Waals surface area contributed by atoms with Crippen molar-refractivity contribution in [2.75, 3.05) is 17.7 Å². The minimum absolute atomic E-state index is 0.0282. The van der Waals surface area contributed by atoms with Crippen molar-refractivity contribution in [3.05, 3.63) is 89.2 Å². The molecule has 0 spiro atoms. The second kappa shape index (κ2) is 11.9. The summed E-state index contributed by atoms with van der Waals surface area (Å²) in [6.45, 7) is 3.68. The van der Waals surface area contributed by atoms with Gasteiger partial charge in [0.05, 0.1) is 29.6 Å². The molecule has 10 heteroatoms. The predicted molar refractivity (Wildman–Crippen MR) is 147 cm³/mol. The van der Waals surface area contributed by atoms with Crippen LogP contribution in [0.15, 0.2) is 78.0 Å². The normalized spacial score (nSPS) is 11.6. The van der Waals surface area contributed by atoms with Crippen LogP contribution in [0.1, 0.15) is 30.0 Å². The third-order valence-corrected chi connectivity index (χ3v) is 6.92. The number of hydrogen-bond donors (Lipinski definition) is 2. The van der Waals surface area contributed by atoms with Gasteiger partial charge in [0.2, 0.25) is 5.91 Å². The van der Waals surface area contributed by atoms with Gasteiger partial charge in [-0.2, -0.15) is 0 Å². The number of rotatable bonds is 10. The molecule has 37 heavy (non-hydrogen) atoms. The lowest BCUT2D eigenvalue weighted by atomic mass is 10.1. The maximum atomic E-state index is 12.9. The number of methoxy groups -OCH3 is 1. The molecule has 0 fully saturated rings. The fourth-order valence-corrected chi connectivity index (χ4v) is 4.59. The molecule has 1 heterocycles. The molecule has 1 atom stereocenters. The van der Waals surface area contributed by atoms with Crippen LogP contribution in [0, 0.1) is 0 Å². The van der Waals surface area contributed by atoms with Crippen LogP contribution >= 0.6 is 23.4 Å². The number of aromatic nitrogens is 3. The van der Waals surface area contributed by atoms with Gasteiger partial charge in [0.25, 0.3) is 0 Å². The summed E-state index contributed by atoms with van der Waals surface area (Å²) in [6, 6.07) is 21.8. The molecule has 0 saturated carbocycles. The minimum Gasteiger partial charge on any atom is -0.497 e. The van der Waals surface area contributed by atoms with Gasteiger partial charge >= 0.3 is 0 Å². The van der Waals surface area contributed by atoms with Crippen molar-refractivity contribution in [2.45, 2.75) is 30.8 Å². The lowest BCUT2D eigenvalue weighted by Crippen LogP contribution is -2.23.